The molecular weight excluding hydrogens is 457 g/mol. The Morgan fingerprint density at radius 3 is 2.19 bits per heavy atom. The number of benzene rings is 1. The predicted molar refractivity (Wildman–Crippen MR) is 129 cm³/mol. The lowest BCUT2D eigenvalue weighted by molar-refractivity contribution is -0.139. The number of carbonyl (C=O) groups is 3. The summed E-state index contributed by atoms with van der Waals surface area (Å²) in [4.78, 5) is 41.7. The Kier molecular flexibility index (Phi) is 11.8. The van der Waals surface area contributed by atoms with Crippen molar-refractivity contribution in [3.63, 3.8) is 0 Å². The lowest BCUT2D eigenvalue weighted by atomic mass is 10.0. The highest BCUT2D eigenvalue weighted by Crippen LogP contribution is 2.20. The van der Waals surface area contributed by atoms with Crippen LogP contribution in [0.2, 0.25) is 0 Å². The molecule has 1 aromatic carbocycles. The van der Waals surface area contributed by atoms with Crippen LogP contribution in [-0.4, -0.2) is 86.7 Å². The predicted octanol–water partition coefficient (Wildman–Crippen LogP) is 1.96. The minimum Gasteiger partial charge on any atom is -0.468 e. The van der Waals surface area contributed by atoms with E-state index in [1.54, 1.807) is 24.3 Å². The molecular formula is C21H33Cl2N5O4. The first kappa shape index (κ1) is 28.0. The number of nitrogens with one attached hydrogen (secondary N) is 2. The molecule has 1 aromatic rings. The van der Waals surface area contributed by atoms with Gasteiger partial charge in [-0.2, -0.15) is 0 Å². The fraction of sp³-hybridized carbons (Fsp3) is 0.571. The molecule has 0 atom stereocenters. The quantitative estimate of drug-likeness (QED) is 0.613. The van der Waals surface area contributed by atoms with Gasteiger partial charge in [-0.25, -0.2) is 4.79 Å². The van der Waals surface area contributed by atoms with Crippen molar-refractivity contribution >= 4 is 54.1 Å². The van der Waals surface area contributed by atoms with E-state index in [9.17, 15) is 14.4 Å². The molecule has 0 unspecified atom stereocenters. The molecule has 2 N–H and O–H groups in total. The molecule has 0 spiro atoms. The summed E-state index contributed by atoms with van der Waals surface area (Å²) in [6.07, 6.45) is 2.34. The molecule has 2 heterocycles. The number of ether oxygens (including phenoxy) is 1. The zero-order valence-corrected chi connectivity index (χ0v) is 20.2. The number of amides is 3. The molecule has 0 bridgehead atoms. The topological polar surface area (TPSA) is 94.2 Å². The van der Waals surface area contributed by atoms with Gasteiger partial charge in [-0.3, -0.25) is 14.5 Å². The van der Waals surface area contributed by atoms with Crippen LogP contribution in [0.25, 0.3) is 0 Å². The van der Waals surface area contributed by atoms with Crippen molar-refractivity contribution in [2.45, 2.75) is 25.8 Å². The molecule has 180 valence electrons. The first-order chi connectivity index (χ1) is 14.5. The van der Waals surface area contributed by atoms with Crippen LogP contribution in [0.4, 0.5) is 16.2 Å². The number of piperidine rings is 1. The van der Waals surface area contributed by atoms with Crippen molar-refractivity contribution in [2.75, 3.05) is 63.1 Å². The number of hydrogen-bond donors (Lipinski definition) is 2. The maximum Gasteiger partial charge on any atom is 0.325 e. The molecule has 32 heavy (non-hydrogen) atoms. The molecule has 2 fully saturated rings. The number of carbonyl (C=O) groups excluding carboxylic acids is 3. The van der Waals surface area contributed by atoms with Gasteiger partial charge in [-0.1, -0.05) is 0 Å². The molecule has 2 saturated heterocycles. The Labute approximate surface area is 201 Å². The van der Waals surface area contributed by atoms with Gasteiger partial charge >= 0.3 is 12.0 Å². The summed E-state index contributed by atoms with van der Waals surface area (Å²) in [6.45, 7) is 6.61. The Morgan fingerprint density at radius 2 is 1.66 bits per heavy atom. The summed E-state index contributed by atoms with van der Waals surface area (Å²) in [5.41, 5.74) is 1.22. The van der Waals surface area contributed by atoms with Gasteiger partial charge < -0.3 is 25.2 Å². The van der Waals surface area contributed by atoms with Gasteiger partial charge in [0.1, 0.15) is 6.54 Å². The molecule has 11 heteroatoms. The summed E-state index contributed by atoms with van der Waals surface area (Å²) in [5, 5.41) is 6.31. The van der Waals surface area contributed by atoms with E-state index in [2.05, 4.69) is 20.3 Å². The lowest BCUT2D eigenvalue weighted by Gasteiger charge is -2.40. The smallest absolute Gasteiger partial charge is 0.325 e. The summed E-state index contributed by atoms with van der Waals surface area (Å²) in [6, 6.07) is 7.37. The van der Waals surface area contributed by atoms with Crippen LogP contribution in [-0.2, 0) is 14.3 Å². The third-order valence-corrected chi connectivity index (χ3v) is 5.75. The second-order valence-electron chi connectivity index (χ2n) is 7.66. The Morgan fingerprint density at radius 1 is 1.06 bits per heavy atom. The second kappa shape index (κ2) is 13.5. The molecule has 2 aliphatic heterocycles. The molecule has 0 aliphatic carbocycles. The highest BCUT2D eigenvalue weighted by atomic mass is 35.5. The van der Waals surface area contributed by atoms with E-state index in [4.69, 9.17) is 0 Å². The number of hydrogen-bond acceptors (Lipinski definition) is 6. The molecule has 9 nitrogen and oxygen atoms in total. The van der Waals surface area contributed by atoms with Crippen LogP contribution < -0.4 is 15.5 Å². The average molecular weight is 490 g/mol. The molecule has 3 rings (SSSR count). The van der Waals surface area contributed by atoms with E-state index in [0.717, 1.165) is 26.2 Å². The van der Waals surface area contributed by atoms with Crippen LogP contribution in [0.1, 0.15) is 19.8 Å². The van der Waals surface area contributed by atoms with Crippen molar-refractivity contribution in [1.82, 2.24) is 15.1 Å². The average Bonchev–Trinajstić information content (AvgIpc) is 2.78. The van der Waals surface area contributed by atoms with Crippen LogP contribution in [0.3, 0.4) is 0 Å². The largest absolute Gasteiger partial charge is 0.468 e. The minimum atomic E-state index is -0.494. The van der Waals surface area contributed by atoms with Gasteiger partial charge in [0.05, 0.1) is 7.11 Å². The molecule has 0 radical (unpaired) electrons. The maximum absolute atomic E-state index is 12.6. The molecule has 0 aromatic heterocycles. The number of anilines is 2. The maximum atomic E-state index is 12.6. The van der Waals surface area contributed by atoms with Gasteiger partial charge in [0.15, 0.2) is 0 Å². The summed E-state index contributed by atoms with van der Waals surface area (Å²) in [7, 11) is 1.28. The first-order valence-corrected chi connectivity index (χ1v) is 10.4. The number of piperazine rings is 1. The van der Waals surface area contributed by atoms with Gasteiger partial charge in [-0.05, 0) is 50.2 Å². The Hall–Kier alpha value is -2.07. The highest BCUT2D eigenvalue weighted by molar-refractivity contribution is 5.96. The second-order valence-corrected chi connectivity index (χ2v) is 7.66. The van der Waals surface area contributed by atoms with Gasteiger partial charge in [0.2, 0.25) is 5.91 Å². The van der Waals surface area contributed by atoms with Crippen molar-refractivity contribution in [2.24, 2.45) is 0 Å². The van der Waals surface area contributed by atoms with E-state index >= 15 is 0 Å². The Balaban J connectivity index is 0.00000256. The zero-order chi connectivity index (χ0) is 21.5. The number of esters is 1. The molecule has 0 saturated carbocycles. The number of rotatable bonds is 5. The van der Waals surface area contributed by atoms with Crippen LogP contribution >= 0.6 is 24.8 Å². The van der Waals surface area contributed by atoms with Crippen molar-refractivity contribution in [3.05, 3.63) is 24.3 Å². The third-order valence-electron chi connectivity index (χ3n) is 5.75. The monoisotopic (exact) mass is 489 g/mol. The SMILES string of the molecule is COC(=O)CN(C(C)=O)c1ccc(NC(=O)N2CCN(C3CCNCC3)CC2)cc1.Cl.Cl. The van der Waals surface area contributed by atoms with Gasteiger partial charge in [0, 0.05) is 50.5 Å². The summed E-state index contributed by atoms with van der Waals surface area (Å²) < 4.78 is 4.64. The Bertz CT molecular complexity index is 751. The fourth-order valence-electron chi connectivity index (χ4n) is 3.97. The molecule has 2 aliphatic rings. The summed E-state index contributed by atoms with van der Waals surface area (Å²) in [5.74, 6) is -0.755. The minimum absolute atomic E-state index is 0. The van der Waals surface area contributed by atoms with Crippen molar-refractivity contribution in [1.29, 1.82) is 0 Å². The third kappa shape index (κ3) is 7.51. The number of methoxy groups -OCH3 is 1. The number of halogens is 2. The molecule has 3 amide bonds. The summed E-state index contributed by atoms with van der Waals surface area (Å²) >= 11 is 0. The van der Waals surface area contributed by atoms with Crippen LogP contribution in [0, 0.1) is 0 Å². The first-order valence-electron chi connectivity index (χ1n) is 10.4. The normalized spacial score (nSPS) is 16.9. The standard InChI is InChI=1S/C21H31N5O4.2ClH/c1-16(27)26(15-20(28)30-2)19-5-3-17(4-6-19)23-21(29)25-13-11-24(12-14-25)18-7-9-22-10-8-18;;/h3-6,18,22H,7-15H2,1-2H3,(H,23,29);2*1H. The van der Waals surface area contributed by atoms with Crippen molar-refractivity contribution in [3.8, 4) is 0 Å². The van der Waals surface area contributed by atoms with Gasteiger partial charge in [0.25, 0.3) is 0 Å². The van der Waals surface area contributed by atoms with Crippen LogP contribution in [0.15, 0.2) is 24.3 Å². The number of urea groups is 1. The number of nitrogens with zero attached hydrogens (tertiary/aromatic N) is 3. The van der Waals surface area contributed by atoms with E-state index in [0.29, 0.717) is 30.5 Å². The van der Waals surface area contributed by atoms with E-state index in [1.807, 2.05) is 4.90 Å². The van der Waals surface area contributed by atoms with E-state index < -0.39 is 5.97 Å². The van der Waals surface area contributed by atoms with Crippen molar-refractivity contribution < 1.29 is 19.1 Å². The fourth-order valence-corrected chi connectivity index (χ4v) is 3.97. The highest BCUT2D eigenvalue weighted by Gasteiger charge is 2.27. The van der Waals surface area contributed by atoms with Crippen LogP contribution in [0.5, 0.6) is 0 Å². The zero-order valence-electron chi connectivity index (χ0n) is 18.5. The van der Waals surface area contributed by atoms with E-state index in [-0.39, 0.29) is 43.3 Å². The van der Waals surface area contributed by atoms with E-state index in [1.165, 1.54) is 31.8 Å². The van der Waals surface area contributed by atoms with Gasteiger partial charge in [-0.15, -0.1) is 24.8 Å². The lowest BCUT2D eigenvalue weighted by Crippen LogP contribution is -2.54.